The first kappa shape index (κ1) is 89.0. The molecule has 0 aliphatic carbocycles. The number of unbranched alkanes of at least 4 members (excludes halogenated alkanes) is 1. The van der Waals surface area contributed by atoms with Crippen molar-refractivity contribution in [3.63, 3.8) is 0 Å². The van der Waals surface area contributed by atoms with Crippen molar-refractivity contribution in [2.75, 3.05) is 39.4 Å². The molecule has 4 aromatic rings. The van der Waals surface area contributed by atoms with Crippen molar-refractivity contribution >= 4 is 93.7 Å². The number of imidazole rings is 1. The molecule has 1 fully saturated rings. The molecule has 0 spiro atoms. The van der Waals surface area contributed by atoms with Gasteiger partial charge >= 0.3 is 5.97 Å². The van der Waals surface area contributed by atoms with Crippen LogP contribution in [0.15, 0.2) is 78.3 Å². The van der Waals surface area contributed by atoms with Crippen LogP contribution in [0.2, 0.25) is 0 Å². The number of aliphatic hydroxyl groups excluding tert-OH is 3. The van der Waals surface area contributed by atoms with Crippen LogP contribution >= 0.6 is 0 Å². The first-order valence-corrected chi connectivity index (χ1v) is 36.7. The number of carboxylic acid groups (broad SMARTS) is 1. The third kappa shape index (κ3) is 27.5. The Bertz CT molecular complexity index is 3720. The van der Waals surface area contributed by atoms with Gasteiger partial charge in [0, 0.05) is 61.3 Å². The third-order valence-electron chi connectivity index (χ3n) is 19.0. The lowest BCUT2D eigenvalue weighted by Gasteiger charge is -2.31. The number of nitrogens with zero attached hydrogens (tertiary/aromatic N) is 3. The number of hydrogen-bond acceptors (Lipinski definition) is 20. The standard InChI is InChI=1S/C72H110N20O17/c1-8-39(5)57(67(104)90-58(40(6)9-2)68(105)91-59(41(7)95)69(106)88-53(36-94)71(108)109)89-65(102)52(35-93)87-64(101)51(31-44-33-77-37-81-44)86-62(99)49(29-42-19-11-10-12-20-42)85-61(98)48(24-17-27-78-72(75)76)83-63(100)50(30-43-32-79-46-22-14-13-21-45(43)46)82-55(96)34-80-60(97)47(23-15-16-26-73)84-66(103)54-25-18-28-92(54)70(107)56(74)38(3)4/h10-14,19-22,32-33,37-41,47-54,56-59,79,93-95H,8-9,15-18,23-31,34-36,73-74H2,1-7H3,(H,77,81)(H,80,97)(H,82,96)(H,83,100)(H,84,103)(H,85,98)(H,86,99)(H,87,101)(H,88,106)(H,89,102)(H,90,104)(H,91,105)(H,108,109)(H4,75,76,78)/t39-,40-,41+,47-,48-,49-,50-,51-,52-,53-,54-,56-,57-,58-,59-/m0/s1. The number of aromatic amines is 2. The minimum absolute atomic E-state index is 0.0372. The minimum Gasteiger partial charge on any atom is -0.480 e. The Hall–Kier alpha value is -10.6. The van der Waals surface area contributed by atoms with E-state index in [4.69, 9.17) is 22.9 Å². The molecule has 2 aromatic heterocycles. The molecule has 600 valence electrons. The average Bonchev–Trinajstić information content (AvgIpc) is 1.66. The number of likely N-dealkylation sites (tertiary alicyclic amines) is 1. The maximum Gasteiger partial charge on any atom is 0.328 e. The fourth-order valence-corrected chi connectivity index (χ4v) is 12.0. The maximum atomic E-state index is 15.0. The highest BCUT2D eigenvalue weighted by atomic mass is 16.4. The molecule has 5 rings (SSSR count). The Morgan fingerprint density at radius 1 is 0.596 bits per heavy atom. The van der Waals surface area contributed by atoms with Gasteiger partial charge in [0.2, 0.25) is 70.9 Å². The number of para-hydroxylation sites is 1. The number of carbonyl (C=O) groups excluding carboxylic acids is 12. The number of guanidine groups is 1. The number of aliphatic hydroxyl groups is 3. The molecule has 0 unspecified atom stereocenters. The van der Waals surface area contributed by atoms with Gasteiger partial charge in [-0.2, -0.15) is 0 Å². The highest BCUT2D eigenvalue weighted by Gasteiger charge is 2.41. The number of carbonyl (C=O) groups is 13. The highest BCUT2D eigenvalue weighted by Crippen LogP contribution is 2.23. The summed E-state index contributed by atoms with van der Waals surface area (Å²) in [5.74, 6) is -14.0. The second-order valence-electron chi connectivity index (χ2n) is 27.6. The van der Waals surface area contributed by atoms with Gasteiger partial charge in [-0.05, 0) is 93.4 Å². The van der Waals surface area contributed by atoms with Crippen LogP contribution in [0.4, 0.5) is 0 Å². The van der Waals surface area contributed by atoms with Crippen LogP contribution in [0.1, 0.15) is 123 Å². The van der Waals surface area contributed by atoms with Gasteiger partial charge in [0.25, 0.3) is 0 Å². The second-order valence-corrected chi connectivity index (χ2v) is 27.6. The molecule has 25 N–H and O–H groups in total. The van der Waals surface area contributed by atoms with Gasteiger partial charge in [-0.25, -0.2) is 9.78 Å². The first-order chi connectivity index (χ1) is 51.9. The van der Waals surface area contributed by atoms with E-state index in [0.717, 1.165) is 6.92 Å². The monoisotopic (exact) mass is 1530 g/mol. The van der Waals surface area contributed by atoms with Crippen molar-refractivity contribution in [3.05, 3.63) is 90.1 Å². The summed E-state index contributed by atoms with van der Waals surface area (Å²) in [7, 11) is 0. The van der Waals surface area contributed by atoms with Gasteiger partial charge < -0.3 is 117 Å². The number of rotatable bonds is 46. The van der Waals surface area contributed by atoms with Crippen LogP contribution < -0.4 is 81.4 Å². The van der Waals surface area contributed by atoms with Gasteiger partial charge in [0.05, 0.1) is 38.2 Å². The molecule has 1 aliphatic heterocycles. The third-order valence-corrected chi connectivity index (χ3v) is 19.0. The van der Waals surface area contributed by atoms with E-state index in [-0.39, 0.29) is 69.8 Å². The molecule has 0 radical (unpaired) electrons. The molecule has 12 amide bonds. The van der Waals surface area contributed by atoms with E-state index in [9.17, 15) is 73.2 Å². The zero-order chi connectivity index (χ0) is 80.6. The largest absolute Gasteiger partial charge is 0.480 e. The molecule has 0 bridgehead atoms. The number of benzene rings is 2. The predicted molar refractivity (Wildman–Crippen MR) is 400 cm³/mol. The average molecular weight is 1530 g/mol. The summed E-state index contributed by atoms with van der Waals surface area (Å²) in [6.07, 6.45) is 4.23. The molecule has 3 heterocycles. The molecule has 37 heteroatoms. The Balaban J connectivity index is 1.41. The van der Waals surface area contributed by atoms with E-state index in [1.807, 2.05) is 5.32 Å². The summed E-state index contributed by atoms with van der Waals surface area (Å²) in [6.45, 7) is 9.08. The van der Waals surface area contributed by atoms with E-state index in [1.54, 1.807) is 102 Å². The molecule has 37 nitrogen and oxygen atoms in total. The zero-order valence-corrected chi connectivity index (χ0v) is 62.6. The Morgan fingerprint density at radius 3 is 1.69 bits per heavy atom. The SMILES string of the molecule is CC[C@H](C)[C@H](NC(=O)[C@H](CO)NC(=O)[C@H](Cc1cnc[nH]1)NC(=O)[C@H](Cc1ccccc1)NC(=O)[C@H](CCCN=C(N)N)NC(=O)[C@H](Cc1c[nH]c2ccccc12)NC(=O)CNC(=O)[C@H](CCCCN)NC(=O)[C@@H]1CCCN1C(=O)[C@@H](N)C(C)C)C(=O)N[C@H](C(=O)N[C@H](C(=O)N[C@@H](CO)C(=O)O)[C@@H](C)O)[C@@H](C)CC. The van der Waals surface area contributed by atoms with Crippen molar-refractivity contribution in [2.45, 2.75) is 204 Å². The van der Waals surface area contributed by atoms with Gasteiger partial charge in [-0.15, -0.1) is 0 Å². The van der Waals surface area contributed by atoms with Crippen molar-refractivity contribution in [3.8, 4) is 0 Å². The van der Waals surface area contributed by atoms with Crippen LogP contribution in [-0.4, -0.2) is 241 Å². The van der Waals surface area contributed by atoms with Crippen LogP contribution in [0, 0.1) is 17.8 Å². The fourth-order valence-electron chi connectivity index (χ4n) is 12.0. The van der Waals surface area contributed by atoms with Gasteiger partial charge in [-0.1, -0.05) is 103 Å². The van der Waals surface area contributed by atoms with Crippen molar-refractivity contribution in [1.29, 1.82) is 0 Å². The van der Waals surface area contributed by atoms with Gasteiger partial charge in [0.15, 0.2) is 5.96 Å². The van der Waals surface area contributed by atoms with E-state index in [2.05, 4.69) is 73.1 Å². The minimum atomic E-state index is -1.82. The lowest BCUT2D eigenvalue weighted by Crippen LogP contribution is -2.63. The quantitative estimate of drug-likeness (QED) is 0.0113. The normalized spacial score (nSPS) is 16.6. The van der Waals surface area contributed by atoms with Crippen molar-refractivity contribution in [1.82, 2.24) is 78.3 Å². The number of nitrogens with one attached hydrogen (secondary N) is 13. The summed E-state index contributed by atoms with van der Waals surface area (Å²) >= 11 is 0. The highest BCUT2D eigenvalue weighted by molar-refractivity contribution is 6.00. The molecule has 2 aromatic carbocycles. The molecule has 15 atom stereocenters. The van der Waals surface area contributed by atoms with E-state index >= 15 is 9.59 Å². The summed E-state index contributed by atoms with van der Waals surface area (Å²) in [5.41, 5.74) is 25.3. The number of H-pyrrole nitrogens is 2. The summed E-state index contributed by atoms with van der Waals surface area (Å²) in [6, 6.07) is -1.79. The molecule has 0 saturated carbocycles. The number of nitrogens with two attached hydrogens (primary N) is 4. The van der Waals surface area contributed by atoms with Crippen molar-refractivity contribution in [2.24, 2.45) is 45.7 Å². The number of amides is 12. The van der Waals surface area contributed by atoms with Crippen LogP contribution in [0.25, 0.3) is 10.9 Å². The summed E-state index contributed by atoms with van der Waals surface area (Å²) < 4.78 is 0. The Morgan fingerprint density at radius 2 is 1.12 bits per heavy atom. The van der Waals surface area contributed by atoms with Crippen LogP contribution in [0.3, 0.4) is 0 Å². The topological polar surface area (TPSA) is 599 Å². The zero-order valence-electron chi connectivity index (χ0n) is 62.6. The Labute approximate surface area is 631 Å². The molecular weight excluding hydrogens is 1420 g/mol. The molecule has 1 aliphatic rings. The number of hydrogen-bond donors (Lipinski definition) is 21. The maximum absolute atomic E-state index is 15.0. The van der Waals surface area contributed by atoms with Gasteiger partial charge in [-0.3, -0.25) is 62.5 Å². The smallest absolute Gasteiger partial charge is 0.328 e. The van der Waals surface area contributed by atoms with E-state index in [0.29, 0.717) is 66.5 Å². The number of aromatic nitrogens is 3. The number of aliphatic imine (C=N–C) groups is 1. The van der Waals surface area contributed by atoms with Crippen LogP contribution in [0.5, 0.6) is 0 Å². The number of carboxylic acids is 1. The molecule has 1 saturated heterocycles. The predicted octanol–water partition coefficient (Wildman–Crippen LogP) is -4.42. The number of fused-ring (bicyclic) bond motifs is 1. The van der Waals surface area contributed by atoms with Gasteiger partial charge in [0.1, 0.15) is 66.5 Å². The Kier molecular flexibility index (Phi) is 36.4. The lowest BCUT2D eigenvalue weighted by molar-refractivity contribution is -0.144. The first-order valence-electron chi connectivity index (χ1n) is 36.7. The van der Waals surface area contributed by atoms with E-state index in [1.165, 1.54) is 17.4 Å². The summed E-state index contributed by atoms with van der Waals surface area (Å²) in [5, 5.41) is 68.9. The molecule has 109 heavy (non-hydrogen) atoms. The summed E-state index contributed by atoms with van der Waals surface area (Å²) in [4.78, 5) is 198. The lowest BCUT2D eigenvalue weighted by atomic mass is 9.94. The second kappa shape index (κ2) is 44.6. The van der Waals surface area contributed by atoms with E-state index < -0.39 is 187 Å². The fraction of sp³-hybridized carbons (Fsp3) is 0.569. The van der Waals surface area contributed by atoms with Crippen molar-refractivity contribution < 1.29 is 82.8 Å². The molecular formula is C72H110N20O17. The number of aliphatic carboxylic acids is 1. The van der Waals surface area contributed by atoms with Crippen LogP contribution in [-0.2, 0) is 81.6 Å².